The maximum absolute atomic E-state index is 8.89. The predicted molar refractivity (Wildman–Crippen MR) is 56.4 cm³/mol. The Morgan fingerprint density at radius 3 is 2.87 bits per heavy atom. The Morgan fingerprint density at radius 2 is 2.33 bits per heavy atom. The average Bonchev–Trinajstić information content (AvgIpc) is 2.58. The molecule has 0 aromatic carbocycles. The molecule has 0 unspecified atom stereocenters. The Labute approximate surface area is 89.9 Å². The highest BCUT2D eigenvalue weighted by molar-refractivity contribution is 5.08. The summed E-state index contributed by atoms with van der Waals surface area (Å²) in [5.41, 5.74) is 0.995. The molecule has 1 aliphatic heterocycles. The number of hydrogen-bond acceptors (Lipinski definition) is 4. The first-order valence-corrected chi connectivity index (χ1v) is 5.47. The molecule has 15 heavy (non-hydrogen) atoms. The van der Waals surface area contributed by atoms with Crippen LogP contribution in [-0.4, -0.2) is 34.9 Å². The van der Waals surface area contributed by atoms with E-state index in [4.69, 9.17) is 9.63 Å². The van der Waals surface area contributed by atoms with Crippen molar-refractivity contribution in [1.29, 1.82) is 0 Å². The fourth-order valence-corrected chi connectivity index (χ4v) is 1.83. The molecule has 1 aromatic heterocycles. The minimum absolute atomic E-state index is 0.298. The van der Waals surface area contributed by atoms with Gasteiger partial charge in [0.25, 0.3) is 0 Å². The Kier molecular flexibility index (Phi) is 3.07. The van der Waals surface area contributed by atoms with Crippen molar-refractivity contribution >= 4 is 0 Å². The standard InChI is InChI=1S/C11H18N2O2/c1-8(2)11-3-10(12-15-11)6-13-4-9(5-13)7-14/h3,8-9,14H,4-7H2,1-2H3. The van der Waals surface area contributed by atoms with E-state index in [9.17, 15) is 0 Å². The second-order valence-corrected chi connectivity index (χ2v) is 4.62. The van der Waals surface area contributed by atoms with Gasteiger partial charge >= 0.3 is 0 Å². The number of aromatic nitrogens is 1. The smallest absolute Gasteiger partial charge is 0.139 e. The van der Waals surface area contributed by atoms with E-state index >= 15 is 0 Å². The summed E-state index contributed by atoms with van der Waals surface area (Å²) in [5, 5.41) is 12.9. The van der Waals surface area contributed by atoms with E-state index in [1.807, 2.05) is 6.07 Å². The molecule has 0 atom stereocenters. The van der Waals surface area contributed by atoms with E-state index in [1.54, 1.807) is 0 Å². The van der Waals surface area contributed by atoms with Crippen molar-refractivity contribution < 1.29 is 9.63 Å². The van der Waals surface area contributed by atoms with E-state index < -0.39 is 0 Å². The zero-order valence-electron chi connectivity index (χ0n) is 9.31. The van der Waals surface area contributed by atoms with Crippen LogP contribution in [0.5, 0.6) is 0 Å². The number of aliphatic hydroxyl groups excluding tert-OH is 1. The third-order valence-electron chi connectivity index (χ3n) is 2.82. The summed E-state index contributed by atoms with van der Waals surface area (Å²) in [5.74, 6) is 1.80. The van der Waals surface area contributed by atoms with E-state index in [-0.39, 0.29) is 0 Å². The lowest BCUT2D eigenvalue weighted by Gasteiger charge is -2.37. The summed E-state index contributed by atoms with van der Waals surface area (Å²) in [6.07, 6.45) is 0. The average molecular weight is 210 g/mol. The van der Waals surface area contributed by atoms with Crippen LogP contribution >= 0.6 is 0 Å². The van der Waals surface area contributed by atoms with Gasteiger partial charge in [-0.1, -0.05) is 19.0 Å². The van der Waals surface area contributed by atoms with Crippen LogP contribution in [-0.2, 0) is 6.54 Å². The molecule has 2 rings (SSSR count). The van der Waals surface area contributed by atoms with Crippen molar-refractivity contribution in [2.24, 2.45) is 5.92 Å². The van der Waals surface area contributed by atoms with Gasteiger partial charge in [0.2, 0.25) is 0 Å². The lowest BCUT2D eigenvalue weighted by molar-refractivity contribution is 0.0463. The predicted octanol–water partition coefficient (Wildman–Crippen LogP) is 1.22. The van der Waals surface area contributed by atoms with Crippen molar-refractivity contribution in [3.63, 3.8) is 0 Å². The molecule has 4 nitrogen and oxygen atoms in total. The molecule has 0 radical (unpaired) electrons. The molecule has 0 amide bonds. The van der Waals surface area contributed by atoms with Crippen molar-refractivity contribution in [2.45, 2.75) is 26.3 Å². The molecule has 84 valence electrons. The molecule has 2 heterocycles. The quantitative estimate of drug-likeness (QED) is 0.812. The van der Waals surface area contributed by atoms with Gasteiger partial charge in [-0.05, 0) is 0 Å². The second-order valence-electron chi connectivity index (χ2n) is 4.62. The van der Waals surface area contributed by atoms with Gasteiger partial charge in [0.05, 0.1) is 5.69 Å². The Balaban J connectivity index is 1.84. The van der Waals surface area contributed by atoms with Crippen molar-refractivity contribution in [3.05, 3.63) is 17.5 Å². The highest BCUT2D eigenvalue weighted by Crippen LogP contribution is 2.20. The van der Waals surface area contributed by atoms with Crippen molar-refractivity contribution in [3.8, 4) is 0 Å². The van der Waals surface area contributed by atoms with Crippen LogP contribution in [0.15, 0.2) is 10.6 Å². The lowest BCUT2D eigenvalue weighted by atomic mass is 10.0. The molecule has 0 aliphatic carbocycles. The van der Waals surface area contributed by atoms with E-state index in [1.165, 1.54) is 0 Å². The monoisotopic (exact) mass is 210 g/mol. The third kappa shape index (κ3) is 2.38. The largest absolute Gasteiger partial charge is 0.396 e. The second kappa shape index (κ2) is 4.33. The number of rotatable bonds is 4. The Bertz CT molecular complexity index is 316. The van der Waals surface area contributed by atoms with Crippen LogP contribution in [0, 0.1) is 5.92 Å². The van der Waals surface area contributed by atoms with Crippen LogP contribution in [0.25, 0.3) is 0 Å². The molecule has 0 bridgehead atoms. The summed E-state index contributed by atoms with van der Waals surface area (Å²) in [6, 6.07) is 2.02. The van der Waals surface area contributed by atoms with E-state index in [2.05, 4.69) is 23.9 Å². The first kappa shape index (κ1) is 10.6. The molecule has 1 saturated heterocycles. The number of hydrogen-bond donors (Lipinski definition) is 1. The van der Waals surface area contributed by atoms with Crippen LogP contribution < -0.4 is 0 Å². The van der Waals surface area contributed by atoms with Gasteiger partial charge in [0.15, 0.2) is 0 Å². The first-order chi connectivity index (χ1) is 7.19. The van der Waals surface area contributed by atoms with Crippen molar-refractivity contribution in [2.75, 3.05) is 19.7 Å². The zero-order chi connectivity index (χ0) is 10.8. The zero-order valence-corrected chi connectivity index (χ0v) is 9.31. The van der Waals surface area contributed by atoms with Crippen LogP contribution in [0.4, 0.5) is 0 Å². The molecular weight excluding hydrogens is 192 g/mol. The van der Waals surface area contributed by atoms with Gasteiger partial charge < -0.3 is 9.63 Å². The Morgan fingerprint density at radius 1 is 1.60 bits per heavy atom. The highest BCUT2D eigenvalue weighted by Gasteiger charge is 2.26. The maximum atomic E-state index is 8.89. The molecule has 1 fully saturated rings. The number of likely N-dealkylation sites (tertiary alicyclic amines) is 1. The lowest BCUT2D eigenvalue weighted by Crippen LogP contribution is -2.47. The molecule has 1 aromatic rings. The first-order valence-electron chi connectivity index (χ1n) is 5.47. The van der Waals surface area contributed by atoms with Gasteiger partial charge in [-0.15, -0.1) is 0 Å². The fraction of sp³-hybridized carbons (Fsp3) is 0.727. The van der Waals surface area contributed by atoms with Gasteiger partial charge in [0.1, 0.15) is 5.76 Å². The van der Waals surface area contributed by atoms with E-state index in [0.29, 0.717) is 18.4 Å². The third-order valence-corrected chi connectivity index (χ3v) is 2.82. The fourth-order valence-electron chi connectivity index (χ4n) is 1.83. The number of nitrogens with zero attached hydrogens (tertiary/aromatic N) is 2. The molecule has 1 N–H and O–H groups in total. The summed E-state index contributed by atoms with van der Waals surface area (Å²) in [4.78, 5) is 2.27. The topological polar surface area (TPSA) is 49.5 Å². The van der Waals surface area contributed by atoms with Gasteiger partial charge in [0, 0.05) is 44.1 Å². The molecule has 1 aliphatic rings. The van der Waals surface area contributed by atoms with Crippen LogP contribution in [0.2, 0.25) is 0 Å². The molecule has 0 spiro atoms. The summed E-state index contributed by atoms with van der Waals surface area (Å²) < 4.78 is 5.22. The SMILES string of the molecule is CC(C)c1cc(CN2CC(CO)C2)no1. The molecule has 4 heteroatoms. The molecule has 0 saturated carbocycles. The van der Waals surface area contributed by atoms with Gasteiger partial charge in [-0.2, -0.15) is 0 Å². The summed E-state index contributed by atoms with van der Waals surface area (Å²) in [6.45, 7) is 7.27. The normalized spacial score (nSPS) is 18.4. The minimum atomic E-state index is 0.298. The van der Waals surface area contributed by atoms with E-state index in [0.717, 1.165) is 31.1 Å². The maximum Gasteiger partial charge on any atom is 0.139 e. The number of aliphatic hydroxyl groups is 1. The Hall–Kier alpha value is -0.870. The summed E-state index contributed by atoms with van der Waals surface area (Å²) >= 11 is 0. The minimum Gasteiger partial charge on any atom is -0.396 e. The highest BCUT2D eigenvalue weighted by atomic mass is 16.5. The van der Waals surface area contributed by atoms with Crippen LogP contribution in [0.3, 0.4) is 0 Å². The van der Waals surface area contributed by atoms with Crippen LogP contribution in [0.1, 0.15) is 31.2 Å². The van der Waals surface area contributed by atoms with Crippen molar-refractivity contribution in [1.82, 2.24) is 10.1 Å². The van der Waals surface area contributed by atoms with Gasteiger partial charge in [-0.3, -0.25) is 4.90 Å². The molecular formula is C11H18N2O2. The summed E-state index contributed by atoms with van der Waals surface area (Å²) in [7, 11) is 0. The van der Waals surface area contributed by atoms with Gasteiger partial charge in [-0.25, -0.2) is 0 Å².